The lowest BCUT2D eigenvalue weighted by Crippen LogP contribution is -2.28. The van der Waals surface area contributed by atoms with Crippen LogP contribution in [0.2, 0.25) is 0 Å². The van der Waals surface area contributed by atoms with Crippen LogP contribution in [-0.4, -0.2) is 36.5 Å². The highest BCUT2D eigenvalue weighted by Gasteiger charge is 2.23. The van der Waals surface area contributed by atoms with Crippen molar-refractivity contribution in [1.82, 2.24) is 4.90 Å². The molecule has 0 radical (unpaired) electrons. The zero-order chi connectivity index (χ0) is 12.2. The maximum absolute atomic E-state index is 11.4. The highest BCUT2D eigenvalue weighted by atomic mass is 16.5. The van der Waals surface area contributed by atoms with E-state index in [-0.39, 0.29) is 11.9 Å². The van der Waals surface area contributed by atoms with Crippen molar-refractivity contribution in [1.29, 1.82) is 0 Å². The van der Waals surface area contributed by atoms with Crippen LogP contribution >= 0.6 is 0 Å². The quantitative estimate of drug-likeness (QED) is 0.541. The molecule has 0 aromatic carbocycles. The second kappa shape index (κ2) is 5.32. The molecule has 0 aliphatic carbocycles. The lowest BCUT2D eigenvalue weighted by atomic mass is 9.97. The van der Waals surface area contributed by atoms with Gasteiger partial charge >= 0.3 is 5.97 Å². The van der Waals surface area contributed by atoms with Crippen LogP contribution in [0, 0.1) is 5.41 Å². The van der Waals surface area contributed by atoms with Gasteiger partial charge in [-0.25, -0.2) is 0 Å². The van der Waals surface area contributed by atoms with E-state index in [0.717, 1.165) is 19.4 Å². The summed E-state index contributed by atoms with van der Waals surface area (Å²) in [4.78, 5) is 24.5. The van der Waals surface area contributed by atoms with E-state index in [2.05, 4.69) is 0 Å². The Morgan fingerprint density at radius 3 is 2.62 bits per heavy atom. The van der Waals surface area contributed by atoms with Crippen molar-refractivity contribution in [3.63, 3.8) is 0 Å². The smallest absolute Gasteiger partial charge is 0.311 e. The van der Waals surface area contributed by atoms with Crippen LogP contribution in [0.4, 0.5) is 0 Å². The lowest BCUT2D eigenvalue weighted by Gasteiger charge is -2.18. The van der Waals surface area contributed by atoms with E-state index in [0.29, 0.717) is 19.6 Å². The fourth-order valence-electron chi connectivity index (χ4n) is 1.58. The second-order valence-electron chi connectivity index (χ2n) is 5.22. The van der Waals surface area contributed by atoms with Gasteiger partial charge in [0.15, 0.2) is 0 Å². The number of nitrogens with zero attached hydrogens (tertiary/aromatic N) is 1. The highest BCUT2D eigenvalue weighted by molar-refractivity contribution is 5.78. The summed E-state index contributed by atoms with van der Waals surface area (Å²) in [5.41, 5.74) is -0.441. The van der Waals surface area contributed by atoms with Crippen molar-refractivity contribution in [2.75, 3.05) is 19.7 Å². The van der Waals surface area contributed by atoms with Crippen molar-refractivity contribution in [3.05, 3.63) is 0 Å². The van der Waals surface area contributed by atoms with Crippen molar-refractivity contribution in [2.45, 2.75) is 40.0 Å². The highest BCUT2D eigenvalue weighted by Crippen LogP contribution is 2.15. The van der Waals surface area contributed by atoms with Crippen LogP contribution in [0.5, 0.6) is 0 Å². The topological polar surface area (TPSA) is 46.6 Å². The van der Waals surface area contributed by atoms with E-state index < -0.39 is 5.41 Å². The van der Waals surface area contributed by atoms with Crippen LogP contribution in [-0.2, 0) is 14.3 Å². The minimum Gasteiger partial charge on any atom is -0.465 e. The molecule has 0 N–H and O–H groups in total. The average molecular weight is 227 g/mol. The third kappa shape index (κ3) is 3.83. The van der Waals surface area contributed by atoms with Crippen LogP contribution in [0.1, 0.15) is 40.0 Å². The minimum atomic E-state index is -0.441. The monoisotopic (exact) mass is 227 g/mol. The summed E-state index contributed by atoms with van der Waals surface area (Å²) >= 11 is 0. The number of likely N-dealkylation sites (tertiary alicyclic amines) is 1. The Morgan fingerprint density at radius 1 is 1.44 bits per heavy atom. The maximum atomic E-state index is 11.4. The standard InChI is InChI=1S/C12H21NO3/c1-12(2,3)11(15)16-9-5-8-13-7-4-6-10(13)14/h4-9H2,1-3H3. The average Bonchev–Trinajstić information content (AvgIpc) is 2.57. The SMILES string of the molecule is CC(C)(C)C(=O)OCCCN1CCCC1=O. The zero-order valence-corrected chi connectivity index (χ0v) is 10.4. The number of carbonyl (C=O) groups excluding carboxylic acids is 2. The molecule has 1 rings (SSSR count). The number of rotatable bonds is 4. The second-order valence-corrected chi connectivity index (χ2v) is 5.22. The van der Waals surface area contributed by atoms with E-state index in [1.54, 1.807) is 0 Å². The number of hydrogen-bond donors (Lipinski definition) is 0. The largest absolute Gasteiger partial charge is 0.465 e. The first-order valence-corrected chi connectivity index (χ1v) is 5.86. The first kappa shape index (κ1) is 13.0. The van der Waals surface area contributed by atoms with Crippen LogP contribution in [0.3, 0.4) is 0 Å². The fourth-order valence-corrected chi connectivity index (χ4v) is 1.58. The van der Waals surface area contributed by atoms with Crippen molar-refractivity contribution < 1.29 is 14.3 Å². The molecular formula is C12H21NO3. The van der Waals surface area contributed by atoms with Gasteiger partial charge in [-0.15, -0.1) is 0 Å². The molecular weight excluding hydrogens is 206 g/mol. The molecule has 0 aromatic heterocycles. The number of carbonyl (C=O) groups is 2. The maximum Gasteiger partial charge on any atom is 0.311 e. The molecule has 1 amide bonds. The van der Waals surface area contributed by atoms with Crippen LogP contribution in [0.25, 0.3) is 0 Å². The molecule has 0 spiro atoms. The lowest BCUT2D eigenvalue weighted by molar-refractivity contribution is -0.153. The van der Waals surface area contributed by atoms with Gasteiger partial charge in [0.2, 0.25) is 5.91 Å². The molecule has 4 nitrogen and oxygen atoms in total. The van der Waals surface area contributed by atoms with E-state index in [1.165, 1.54) is 0 Å². The molecule has 1 saturated heterocycles. The van der Waals surface area contributed by atoms with Gasteiger partial charge in [0.25, 0.3) is 0 Å². The molecule has 1 fully saturated rings. The van der Waals surface area contributed by atoms with Crippen LogP contribution in [0.15, 0.2) is 0 Å². The summed E-state index contributed by atoms with van der Waals surface area (Å²) in [5.74, 6) is 0.0439. The molecule has 0 unspecified atom stereocenters. The molecule has 1 aliphatic heterocycles. The first-order valence-electron chi connectivity index (χ1n) is 5.86. The molecule has 0 atom stereocenters. The number of ether oxygens (including phenoxy) is 1. The predicted molar refractivity (Wildman–Crippen MR) is 60.8 cm³/mol. The summed E-state index contributed by atoms with van der Waals surface area (Å²) in [5, 5.41) is 0. The molecule has 1 aliphatic rings. The number of esters is 1. The van der Waals surface area contributed by atoms with E-state index in [4.69, 9.17) is 4.74 Å². The summed E-state index contributed by atoms with van der Waals surface area (Å²) in [6.45, 7) is 7.46. The van der Waals surface area contributed by atoms with E-state index in [9.17, 15) is 9.59 Å². The third-order valence-corrected chi connectivity index (χ3v) is 2.59. The van der Waals surface area contributed by atoms with Gasteiger partial charge in [-0.05, 0) is 33.6 Å². The molecule has 0 saturated carbocycles. The molecule has 92 valence electrons. The van der Waals surface area contributed by atoms with Crippen molar-refractivity contribution in [2.24, 2.45) is 5.41 Å². The Bertz CT molecular complexity index is 268. The number of hydrogen-bond acceptors (Lipinski definition) is 3. The summed E-state index contributed by atoms with van der Waals surface area (Å²) in [7, 11) is 0. The summed E-state index contributed by atoms with van der Waals surface area (Å²) < 4.78 is 5.12. The molecule has 1 heterocycles. The summed E-state index contributed by atoms with van der Waals surface area (Å²) in [6, 6.07) is 0. The van der Waals surface area contributed by atoms with Crippen molar-refractivity contribution >= 4 is 11.9 Å². The van der Waals surface area contributed by atoms with Crippen molar-refractivity contribution in [3.8, 4) is 0 Å². The van der Waals surface area contributed by atoms with Gasteiger partial charge in [0.1, 0.15) is 0 Å². The van der Waals surface area contributed by atoms with Gasteiger partial charge in [-0.3, -0.25) is 9.59 Å². The normalized spacial score (nSPS) is 16.7. The molecule has 4 heteroatoms. The Morgan fingerprint density at radius 2 is 2.12 bits per heavy atom. The van der Waals surface area contributed by atoms with Gasteiger partial charge in [0, 0.05) is 19.5 Å². The van der Waals surface area contributed by atoms with Gasteiger partial charge in [-0.1, -0.05) is 0 Å². The minimum absolute atomic E-state index is 0.180. The van der Waals surface area contributed by atoms with Gasteiger partial charge in [-0.2, -0.15) is 0 Å². The Balaban J connectivity index is 2.12. The Hall–Kier alpha value is -1.06. The summed E-state index contributed by atoms with van der Waals surface area (Å²) in [6.07, 6.45) is 2.36. The van der Waals surface area contributed by atoms with Crippen LogP contribution < -0.4 is 0 Å². The predicted octanol–water partition coefficient (Wildman–Crippen LogP) is 1.59. The molecule has 16 heavy (non-hydrogen) atoms. The number of amides is 1. The van der Waals surface area contributed by atoms with Gasteiger partial charge in [0.05, 0.1) is 12.0 Å². The van der Waals surface area contributed by atoms with Gasteiger partial charge < -0.3 is 9.64 Å². The third-order valence-electron chi connectivity index (χ3n) is 2.59. The molecule has 0 bridgehead atoms. The first-order chi connectivity index (χ1) is 7.41. The van der Waals surface area contributed by atoms with E-state index in [1.807, 2.05) is 25.7 Å². The fraction of sp³-hybridized carbons (Fsp3) is 0.833. The van der Waals surface area contributed by atoms with E-state index >= 15 is 0 Å². The Labute approximate surface area is 96.9 Å². The molecule has 0 aromatic rings. The Kier molecular flexibility index (Phi) is 4.33. The zero-order valence-electron chi connectivity index (χ0n) is 10.4.